The molecule has 0 amide bonds. The summed E-state index contributed by atoms with van der Waals surface area (Å²) in [5.41, 5.74) is 0.263. The lowest BCUT2D eigenvalue weighted by molar-refractivity contribution is -0.274. The van der Waals surface area contributed by atoms with Crippen molar-refractivity contribution < 1.29 is 37.0 Å². The number of ether oxygens (including phenoxy) is 3. The van der Waals surface area contributed by atoms with Gasteiger partial charge >= 0.3 is 12.3 Å². The van der Waals surface area contributed by atoms with Gasteiger partial charge in [0.15, 0.2) is 5.78 Å². The van der Waals surface area contributed by atoms with Gasteiger partial charge in [-0.15, -0.1) is 13.2 Å². The lowest BCUT2D eigenvalue weighted by Crippen LogP contribution is -2.37. The Labute approximate surface area is 148 Å². The molecule has 1 saturated carbocycles. The Morgan fingerprint density at radius 1 is 1.19 bits per heavy atom. The number of rotatable bonds is 3. The van der Waals surface area contributed by atoms with Crippen molar-refractivity contribution in [2.45, 2.75) is 44.6 Å². The summed E-state index contributed by atoms with van der Waals surface area (Å²) in [4.78, 5) is 23.9. The molecule has 26 heavy (non-hydrogen) atoms. The Morgan fingerprint density at radius 3 is 2.50 bits per heavy atom. The highest BCUT2D eigenvalue weighted by Crippen LogP contribution is 2.39. The zero-order chi connectivity index (χ0) is 18.9. The molecule has 0 aromatic heterocycles. The van der Waals surface area contributed by atoms with Crippen LogP contribution in [0.1, 0.15) is 42.5 Å². The molecule has 5 nitrogen and oxygen atoms in total. The first-order valence-electron chi connectivity index (χ1n) is 8.44. The predicted octanol–water partition coefficient (Wildman–Crippen LogP) is 3.90. The maximum Gasteiger partial charge on any atom is 0.573 e. The normalized spacial score (nSPS) is 25.8. The standard InChI is InChI=1S/C18H19F3O5/c1-24-17(23)11-4-2-10(3-5-11)15-9-14(22)13-7-6-12(8-16(13)25-15)26-18(19,20)21/h6-8,10-11,15H,2-5,9H2,1H3/t10-,11-,15?. The number of carbonyl (C=O) groups is 2. The molecule has 8 heteroatoms. The molecule has 1 fully saturated rings. The van der Waals surface area contributed by atoms with Crippen LogP contribution in [0.25, 0.3) is 0 Å². The Morgan fingerprint density at radius 2 is 1.88 bits per heavy atom. The fraction of sp³-hybridized carbons (Fsp3) is 0.556. The van der Waals surface area contributed by atoms with Crippen molar-refractivity contribution in [1.82, 2.24) is 0 Å². The Balaban J connectivity index is 1.70. The number of alkyl halides is 3. The molecule has 1 aromatic carbocycles. The van der Waals surface area contributed by atoms with Crippen LogP contribution in [0.5, 0.6) is 11.5 Å². The average molecular weight is 372 g/mol. The smallest absolute Gasteiger partial charge is 0.489 e. The summed E-state index contributed by atoms with van der Waals surface area (Å²) in [6.07, 6.45) is -2.34. The zero-order valence-corrected chi connectivity index (χ0v) is 14.2. The number of hydrogen-bond acceptors (Lipinski definition) is 5. The van der Waals surface area contributed by atoms with Crippen molar-refractivity contribution in [3.05, 3.63) is 23.8 Å². The van der Waals surface area contributed by atoms with E-state index < -0.39 is 18.2 Å². The van der Waals surface area contributed by atoms with Gasteiger partial charge in [0, 0.05) is 12.5 Å². The van der Waals surface area contributed by atoms with Crippen molar-refractivity contribution in [2.75, 3.05) is 7.11 Å². The Kier molecular flexibility index (Phi) is 5.11. The summed E-state index contributed by atoms with van der Waals surface area (Å²) in [6.45, 7) is 0. The van der Waals surface area contributed by atoms with Crippen LogP contribution >= 0.6 is 0 Å². The Hall–Kier alpha value is -2.25. The van der Waals surface area contributed by atoms with E-state index in [4.69, 9.17) is 9.47 Å². The van der Waals surface area contributed by atoms with E-state index in [1.807, 2.05) is 0 Å². The highest BCUT2D eigenvalue weighted by atomic mass is 19.4. The van der Waals surface area contributed by atoms with E-state index >= 15 is 0 Å². The minimum Gasteiger partial charge on any atom is -0.489 e. The molecule has 3 rings (SSSR count). The lowest BCUT2D eigenvalue weighted by atomic mass is 9.77. The first-order valence-corrected chi connectivity index (χ1v) is 8.44. The van der Waals surface area contributed by atoms with Crippen molar-refractivity contribution in [2.24, 2.45) is 11.8 Å². The number of benzene rings is 1. The molecule has 0 radical (unpaired) electrons. The van der Waals surface area contributed by atoms with E-state index in [0.29, 0.717) is 25.7 Å². The number of carbonyl (C=O) groups excluding carboxylic acids is 2. The van der Waals surface area contributed by atoms with Gasteiger partial charge in [-0.2, -0.15) is 0 Å². The highest BCUT2D eigenvalue weighted by Gasteiger charge is 2.37. The molecular formula is C18H19F3O5. The number of ketones is 1. The summed E-state index contributed by atoms with van der Waals surface area (Å²) in [6, 6.07) is 3.51. The predicted molar refractivity (Wildman–Crippen MR) is 84.0 cm³/mol. The highest BCUT2D eigenvalue weighted by molar-refractivity contribution is 6.00. The molecule has 1 atom stereocenters. The average Bonchev–Trinajstić information content (AvgIpc) is 2.59. The molecule has 0 N–H and O–H groups in total. The van der Waals surface area contributed by atoms with E-state index in [1.165, 1.54) is 13.2 Å². The minimum atomic E-state index is -4.81. The van der Waals surface area contributed by atoms with Crippen LogP contribution in [0.3, 0.4) is 0 Å². The van der Waals surface area contributed by atoms with Gasteiger partial charge in [-0.1, -0.05) is 0 Å². The molecule has 0 saturated heterocycles. The quantitative estimate of drug-likeness (QED) is 0.753. The molecule has 2 aliphatic rings. The third-order valence-corrected chi connectivity index (χ3v) is 4.98. The molecule has 1 aliphatic heterocycles. The largest absolute Gasteiger partial charge is 0.573 e. The number of hydrogen-bond donors (Lipinski definition) is 0. The zero-order valence-electron chi connectivity index (χ0n) is 14.2. The first kappa shape index (κ1) is 18.5. The van der Waals surface area contributed by atoms with Crippen molar-refractivity contribution in [3.8, 4) is 11.5 Å². The molecule has 1 unspecified atom stereocenters. The van der Waals surface area contributed by atoms with Gasteiger partial charge < -0.3 is 14.2 Å². The number of esters is 1. The number of halogens is 3. The molecule has 1 aromatic rings. The molecule has 0 bridgehead atoms. The Bertz CT molecular complexity index is 693. The monoisotopic (exact) mass is 372 g/mol. The van der Waals surface area contributed by atoms with E-state index in [9.17, 15) is 22.8 Å². The topological polar surface area (TPSA) is 61.8 Å². The van der Waals surface area contributed by atoms with Crippen molar-refractivity contribution in [1.29, 1.82) is 0 Å². The van der Waals surface area contributed by atoms with E-state index in [2.05, 4.69) is 4.74 Å². The number of methoxy groups -OCH3 is 1. The summed E-state index contributed by atoms with van der Waals surface area (Å²) in [7, 11) is 1.36. The van der Waals surface area contributed by atoms with Gasteiger partial charge in [0.1, 0.15) is 17.6 Å². The van der Waals surface area contributed by atoms with Crippen molar-refractivity contribution in [3.63, 3.8) is 0 Å². The fourth-order valence-corrected chi connectivity index (χ4v) is 3.68. The SMILES string of the molecule is COC(=O)[C@H]1CC[C@H](C2CC(=O)c3ccc(OC(F)(F)F)cc3O2)CC1. The van der Waals surface area contributed by atoms with Gasteiger partial charge in [0.05, 0.1) is 18.6 Å². The maximum absolute atomic E-state index is 12.4. The summed E-state index contributed by atoms with van der Waals surface area (Å²) < 4.78 is 51.6. The third kappa shape index (κ3) is 4.11. The van der Waals surface area contributed by atoms with Gasteiger partial charge in [0.2, 0.25) is 0 Å². The van der Waals surface area contributed by atoms with Crippen molar-refractivity contribution >= 4 is 11.8 Å². The van der Waals surface area contributed by atoms with Crippen LogP contribution in [-0.4, -0.2) is 31.3 Å². The first-order chi connectivity index (χ1) is 12.3. The maximum atomic E-state index is 12.4. The number of fused-ring (bicyclic) bond motifs is 1. The molecule has 1 aliphatic carbocycles. The van der Waals surface area contributed by atoms with Crippen LogP contribution < -0.4 is 9.47 Å². The number of Topliss-reactive ketones (excluding diaryl/α,β-unsaturated/α-hetero) is 1. The molecular weight excluding hydrogens is 353 g/mol. The fourth-order valence-electron chi connectivity index (χ4n) is 3.68. The summed E-state index contributed by atoms with van der Waals surface area (Å²) in [5.74, 6) is -0.773. The second-order valence-electron chi connectivity index (χ2n) is 6.62. The second-order valence-corrected chi connectivity index (χ2v) is 6.62. The van der Waals surface area contributed by atoms with E-state index in [-0.39, 0.29) is 41.3 Å². The van der Waals surface area contributed by atoms with Crippen LogP contribution in [0, 0.1) is 11.8 Å². The minimum absolute atomic E-state index is 0.0696. The third-order valence-electron chi connectivity index (χ3n) is 4.98. The van der Waals surface area contributed by atoms with E-state index in [0.717, 1.165) is 12.1 Å². The summed E-state index contributed by atoms with van der Waals surface area (Å²) in [5, 5.41) is 0. The van der Waals surface area contributed by atoms with Gasteiger partial charge in [0.25, 0.3) is 0 Å². The van der Waals surface area contributed by atoms with Crippen LogP contribution in [0.2, 0.25) is 0 Å². The van der Waals surface area contributed by atoms with Crippen LogP contribution in [0.15, 0.2) is 18.2 Å². The summed E-state index contributed by atoms with van der Waals surface area (Å²) >= 11 is 0. The van der Waals surface area contributed by atoms with Crippen LogP contribution in [0.4, 0.5) is 13.2 Å². The molecule has 142 valence electrons. The second kappa shape index (κ2) is 7.17. The molecule has 0 spiro atoms. The van der Waals surface area contributed by atoms with Gasteiger partial charge in [-0.05, 0) is 43.7 Å². The van der Waals surface area contributed by atoms with Crippen LogP contribution in [-0.2, 0) is 9.53 Å². The van der Waals surface area contributed by atoms with Gasteiger partial charge in [-0.3, -0.25) is 9.59 Å². The lowest BCUT2D eigenvalue weighted by Gasteiger charge is -2.35. The molecule has 1 heterocycles. The van der Waals surface area contributed by atoms with E-state index in [1.54, 1.807) is 0 Å². The van der Waals surface area contributed by atoms with Gasteiger partial charge in [-0.25, -0.2) is 0 Å².